The van der Waals surface area contributed by atoms with Crippen molar-refractivity contribution in [3.05, 3.63) is 76.3 Å². The molecule has 0 spiro atoms. The molecule has 0 saturated heterocycles. The average molecular weight is 374 g/mol. The van der Waals surface area contributed by atoms with Crippen molar-refractivity contribution in [1.29, 1.82) is 5.26 Å². The number of halogens is 1. The van der Waals surface area contributed by atoms with Gasteiger partial charge in [0.05, 0.1) is 35.2 Å². The molecule has 27 heavy (non-hydrogen) atoms. The summed E-state index contributed by atoms with van der Waals surface area (Å²) in [5.41, 5.74) is 5.62. The van der Waals surface area contributed by atoms with Crippen LogP contribution in [0, 0.1) is 25.2 Å². The highest BCUT2D eigenvalue weighted by molar-refractivity contribution is 6.32. The zero-order chi connectivity index (χ0) is 19.0. The first-order valence-electron chi connectivity index (χ1n) is 8.50. The lowest BCUT2D eigenvalue weighted by molar-refractivity contribution is 0.659. The van der Waals surface area contributed by atoms with Gasteiger partial charge in [0.1, 0.15) is 6.07 Å². The molecule has 132 valence electrons. The zero-order valence-electron chi connectivity index (χ0n) is 14.9. The third kappa shape index (κ3) is 3.16. The van der Waals surface area contributed by atoms with Gasteiger partial charge in [0, 0.05) is 22.0 Å². The van der Waals surface area contributed by atoms with Crippen molar-refractivity contribution >= 4 is 22.4 Å². The summed E-state index contributed by atoms with van der Waals surface area (Å²) in [5.74, 6) is 0. The van der Waals surface area contributed by atoms with Crippen LogP contribution in [0.1, 0.15) is 22.5 Å². The Hall–Kier alpha value is -3.23. The van der Waals surface area contributed by atoms with E-state index in [1.165, 1.54) is 0 Å². The summed E-state index contributed by atoms with van der Waals surface area (Å²) in [6.07, 6.45) is 3.53. The van der Waals surface area contributed by atoms with Gasteiger partial charge in [-0.25, -0.2) is 0 Å². The molecule has 2 aromatic heterocycles. The van der Waals surface area contributed by atoms with Gasteiger partial charge in [-0.3, -0.25) is 4.68 Å². The summed E-state index contributed by atoms with van der Waals surface area (Å²) in [7, 11) is 0. The number of benzene rings is 2. The molecule has 2 heterocycles. The first-order chi connectivity index (χ1) is 13.1. The normalized spacial score (nSPS) is 10.9. The molecule has 0 aliphatic carbocycles. The molecule has 0 N–H and O–H groups in total. The van der Waals surface area contributed by atoms with E-state index in [4.69, 9.17) is 22.0 Å². The summed E-state index contributed by atoms with van der Waals surface area (Å²) in [5, 5.41) is 24.2. The zero-order valence-corrected chi connectivity index (χ0v) is 15.7. The molecular formula is C21H16ClN5. The third-order valence-electron chi connectivity index (χ3n) is 4.70. The molecule has 0 fully saturated rings. The molecule has 0 radical (unpaired) electrons. The van der Waals surface area contributed by atoms with Crippen molar-refractivity contribution in [1.82, 2.24) is 20.0 Å². The molecule has 4 rings (SSSR count). The van der Waals surface area contributed by atoms with Crippen LogP contribution in [0.25, 0.3) is 21.9 Å². The Labute approximate surface area is 161 Å². The van der Waals surface area contributed by atoms with Gasteiger partial charge in [-0.05, 0) is 43.2 Å². The Kier molecular flexibility index (Phi) is 4.35. The number of fused-ring (bicyclic) bond motifs is 1. The molecular weight excluding hydrogens is 358 g/mol. The Morgan fingerprint density at radius 1 is 1.04 bits per heavy atom. The number of hydrogen-bond acceptors (Lipinski definition) is 4. The van der Waals surface area contributed by atoms with E-state index in [1.807, 2.05) is 36.7 Å². The van der Waals surface area contributed by atoms with E-state index in [9.17, 15) is 0 Å². The van der Waals surface area contributed by atoms with Crippen molar-refractivity contribution in [2.75, 3.05) is 0 Å². The van der Waals surface area contributed by atoms with E-state index < -0.39 is 0 Å². The molecule has 5 nitrogen and oxygen atoms in total. The summed E-state index contributed by atoms with van der Waals surface area (Å²) in [6.45, 7) is 4.70. The van der Waals surface area contributed by atoms with Gasteiger partial charge in [0.25, 0.3) is 0 Å². The Morgan fingerprint density at radius 2 is 1.81 bits per heavy atom. The smallest absolute Gasteiger partial charge is 0.101 e. The molecule has 0 aliphatic heterocycles. The van der Waals surface area contributed by atoms with Gasteiger partial charge < -0.3 is 0 Å². The number of aromatic nitrogens is 4. The number of hydrogen-bond donors (Lipinski definition) is 0. The lowest BCUT2D eigenvalue weighted by Crippen LogP contribution is -2.04. The molecule has 0 aliphatic rings. The Balaban J connectivity index is 1.72. The second-order valence-electron chi connectivity index (χ2n) is 6.46. The number of rotatable bonds is 3. The first kappa shape index (κ1) is 17.2. The lowest BCUT2D eigenvalue weighted by atomic mass is 10.0. The van der Waals surface area contributed by atoms with Crippen LogP contribution in [0.4, 0.5) is 0 Å². The summed E-state index contributed by atoms with van der Waals surface area (Å²) in [6, 6.07) is 13.8. The van der Waals surface area contributed by atoms with E-state index >= 15 is 0 Å². The topological polar surface area (TPSA) is 67.4 Å². The van der Waals surface area contributed by atoms with Crippen LogP contribution in [0.3, 0.4) is 0 Å². The largest absolute Gasteiger partial charge is 0.265 e. The van der Waals surface area contributed by atoms with Crippen LogP contribution in [-0.4, -0.2) is 20.0 Å². The fourth-order valence-corrected chi connectivity index (χ4v) is 3.57. The fourth-order valence-electron chi connectivity index (χ4n) is 3.35. The molecule has 6 heteroatoms. The number of aryl methyl sites for hydroxylation is 1. The highest BCUT2D eigenvalue weighted by atomic mass is 35.5. The van der Waals surface area contributed by atoms with E-state index in [2.05, 4.69) is 28.4 Å². The summed E-state index contributed by atoms with van der Waals surface area (Å²) < 4.78 is 1.99. The van der Waals surface area contributed by atoms with Gasteiger partial charge in [-0.2, -0.15) is 20.6 Å². The van der Waals surface area contributed by atoms with E-state index in [0.717, 1.165) is 38.9 Å². The molecule has 0 atom stereocenters. The second kappa shape index (κ2) is 6.82. The second-order valence-corrected chi connectivity index (χ2v) is 6.87. The minimum atomic E-state index is 0.456. The quantitative estimate of drug-likeness (QED) is 0.522. The van der Waals surface area contributed by atoms with Crippen LogP contribution < -0.4 is 0 Å². The van der Waals surface area contributed by atoms with Crippen molar-refractivity contribution < 1.29 is 0 Å². The molecule has 0 unspecified atom stereocenters. The van der Waals surface area contributed by atoms with E-state index in [1.54, 1.807) is 18.5 Å². The predicted octanol–water partition coefficient (Wildman–Crippen LogP) is 4.68. The number of nitriles is 1. The lowest BCUT2D eigenvalue weighted by Gasteiger charge is -2.08. The van der Waals surface area contributed by atoms with Gasteiger partial charge in [-0.1, -0.05) is 29.8 Å². The maximum Gasteiger partial charge on any atom is 0.101 e. The van der Waals surface area contributed by atoms with Crippen LogP contribution in [0.2, 0.25) is 5.02 Å². The average Bonchev–Trinajstić information content (AvgIpc) is 2.95. The molecule has 0 saturated carbocycles. The van der Waals surface area contributed by atoms with Gasteiger partial charge in [0.2, 0.25) is 0 Å². The maximum atomic E-state index is 9.07. The Bertz CT molecular complexity index is 1200. The van der Waals surface area contributed by atoms with Crippen molar-refractivity contribution in [2.45, 2.75) is 20.4 Å². The summed E-state index contributed by atoms with van der Waals surface area (Å²) >= 11 is 6.22. The van der Waals surface area contributed by atoms with Crippen molar-refractivity contribution in [3.8, 4) is 17.2 Å². The standard InChI is InChI=1S/C21H16ClN5/c1-13-21(16-5-6-17(9-23)20(22)8-16)14(2)27(26-13)12-15-3-4-18-10-24-25-11-19(18)7-15/h3-8,10-11H,12H2,1-2H3. The highest BCUT2D eigenvalue weighted by Gasteiger charge is 2.15. The molecule has 0 amide bonds. The van der Waals surface area contributed by atoms with Gasteiger partial charge in [0.15, 0.2) is 0 Å². The minimum Gasteiger partial charge on any atom is -0.265 e. The third-order valence-corrected chi connectivity index (χ3v) is 5.02. The van der Waals surface area contributed by atoms with Crippen LogP contribution in [0.15, 0.2) is 48.8 Å². The van der Waals surface area contributed by atoms with E-state index in [-0.39, 0.29) is 0 Å². The number of nitrogens with zero attached hydrogens (tertiary/aromatic N) is 5. The Morgan fingerprint density at radius 3 is 2.56 bits per heavy atom. The van der Waals surface area contributed by atoms with Crippen LogP contribution in [0.5, 0.6) is 0 Å². The van der Waals surface area contributed by atoms with Crippen LogP contribution in [-0.2, 0) is 6.54 Å². The van der Waals surface area contributed by atoms with Crippen molar-refractivity contribution in [3.63, 3.8) is 0 Å². The highest BCUT2D eigenvalue weighted by Crippen LogP contribution is 2.30. The molecule has 4 aromatic rings. The minimum absolute atomic E-state index is 0.456. The van der Waals surface area contributed by atoms with Crippen molar-refractivity contribution in [2.24, 2.45) is 0 Å². The monoisotopic (exact) mass is 373 g/mol. The fraction of sp³-hybridized carbons (Fsp3) is 0.143. The van der Waals surface area contributed by atoms with Crippen LogP contribution >= 0.6 is 11.6 Å². The van der Waals surface area contributed by atoms with Gasteiger partial charge >= 0.3 is 0 Å². The van der Waals surface area contributed by atoms with E-state index in [0.29, 0.717) is 17.1 Å². The predicted molar refractivity (Wildman–Crippen MR) is 106 cm³/mol. The van der Waals surface area contributed by atoms with Gasteiger partial charge in [-0.15, -0.1) is 0 Å². The molecule has 0 bridgehead atoms. The first-order valence-corrected chi connectivity index (χ1v) is 8.88. The summed E-state index contributed by atoms with van der Waals surface area (Å²) in [4.78, 5) is 0. The SMILES string of the molecule is Cc1nn(Cc2ccc3cnncc3c2)c(C)c1-c1ccc(C#N)c(Cl)c1. The maximum absolute atomic E-state index is 9.07. The molecule has 2 aromatic carbocycles.